The maximum Gasteiger partial charge on any atom is 0.246 e. The molecule has 2 aliphatic heterocycles. The van der Waals surface area contributed by atoms with Gasteiger partial charge in [0, 0.05) is 12.2 Å². The largest absolute Gasteiger partial charge is 0.368 e. The summed E-state index contributed by atoms with van der Waals surface area (Å²) in [6.45, 7) is 1.92. The van der Waals surface area contributed by atoms with Gasteiger partial charge >= 0.3 is 0 Å². The normalized spacial score (nSPS) is 25.0. The van der Waals surface area contributed by atoms with Gasteiger partial charge in [0.25, 0.3) is 0 Å². The summed E-state index contributed by atoms with van der Waals surface area (Å²) in [4.78, 5) is 49.5. The van der Waals surface area contributed by atoms with Crippen molar-refractivity contribution in [1.29, 1.82) is 0 Å². The van der Waals surface area contributed by atoms with Crippen LogP contribution in [0.1, 0.15) is 39.0 Å². The zero-order valence-corrected chi connectivity index (χ0v) is 14.6. The Morgan fingerprint density at radius 3 is 2.83 bits per heavy atom. The van der Waals surface area contributed by atoms with Gasteiger partial charge in [0.2, 0.25) is 23.6 Å². The van der Waals surface area contributed by atoms with Gasteiger partial charge in [0.05, 0.1) is 5.88 Å². The first-order valence-electron chi connectivity index (χ1n) is 8.21. The fourth-order valence-electron chi connectivity index (χ4n) is 2.92. The van der Waals surface area contributed by atoms with E-state index in [0.717, 1.165) is 0 Å². The molecule has 4 N–H and O–H groups in total. The van der Waals surface area contributed by atoms with Gasteiger partial charge in [-0.25, -0.2) is 0 Å². The molecule has 2 saturated heterocycles. The fraction of sp³-hybridized carbons (Fsp3) is 0.733. The van der Waals surface area contributed by atoms with Gasteiger partial charge in [-0.3, -0.25) is 19.2 Å². The Bertz CT molecular complexity index is 528. The van der Waals surface area contributed by atoms with E-state index in [-0.39, 0.29) is 17.7 Å². The lowest BCUT2D eigenvalue weighted by atomic mass is 10.0. The lowest BCUT2D eigenvalue weighted by Crippen LogP contribution is -2.57. The fourth-order valence-corrected chi connectivity index (χ4v) is 4.09. The molecule has 0 saturated carbocycles. The van der Waals surface area contributed by atoms with Crippen molar-refractivity contribution >= 4 is 35.4 Å². The van der Waals surface area contributed by atoms with Crippen molar-refractivity contribution < 1.29 is 19.2 Å². The number of nitrogens with one attached hydrogen (secondary N) is 2. The summed E-state index contributed by atoms with van der Waals surface area (Å²) in [5, 5.41) is 5.38. The molecule has 9 heteroatoms. The number of primary amides is 1. The Morgan fingerprint density at radius 2 is 2.21 bits per heavy atom. The molecular formula is C15H24N4O4S. The van der Waals surface area contributed by atoms with E-state index in [2.05, 4.69) is 10.6 Å². The van der Waals surface area contributed by atoms with Crippen LogP contribution >= 0.6 is 11.8 Å². The highest BCUT2D eigenvalue weighted by Gasteiger charge is 2.37. The zero-order valence-electron chi connectivity index (χ0n) is 13.7. The predicted molar refractivity (Wildman–Crippen MR) is 89.8 cm³/mol. The molecule has 2 rings (SSSR count). The lowest BCUT2D eigenvalue weighted by Gasteiger charge is -2.29. The summed E-state index contributed by atoms with van der Waals surface area (Å²) in [5.74, 6) is -0.452. The third-order valence-corrected chi connectivity index (χ3v) is 5.25. The molecule has 2 heterocycles. The number of nitrogens with two attached hydrogens (primary N) is 1. The number of nitrogens with zero attached hydrogens (tertiary/aromatic N) is 1. The average molecular weight is 356 g/mol. The van der Waals surface area contributed by atoms with E-state index in [1.54, 1.807) is 0 Å². The minimum atomic E-state index is -0.707. The van der Waals surface area contributed by atoms with Crippen molar-refractivity contribution in [2.45, 2.75) is 57.2 Å². The number of hydrogen-bond acceptors (Lipinski definition) is 5. The Hall–Kier alpha value is -1.77. The summed E-state index contributed by atoms with van der Waals surface area (Å²) >= 11 is 1.46. The summed E-state index contributed by atoms with van der Waals surface area (Å²) in [6, 6.07) is -1.94. The van der Waals surface area contributed by atoms with Gasteiger partial charge in [0.15, 0.2) is 0 Å². The molecule has 2 fully saturated rings. The van der Waals surface area contributed by atoms with Crippen molar-refractivity contribution in [2.24, 2.45) is 5.73 Å². The van der Waals surface area contributed by atoms with E-state index in [1.807, 2.05) is 6.92 Å². The number of piperidine rings is 1. The average Bonchev–Trinajstić information content (AvgIpc) is 3.03. The summed E-state index contributed by atoms with van der Waals surface area (Å²) in [5.41, 5.74) is 5.35. The maximum absolute atomic E-state index is 12.7. The number of amides is 4. The van der Waals surface area contributed by atoms with E-state index in [0.29, 0.717) is 43.7 Å². The van der Waals surface area contributed by atoms with Crippen LogP contribution in [-0.4, -0.2) is 58.3 Å². The molecule has 134 valence electrons. The monoisotopic (exact) mass is 356 g/mol. The maximum atomic E-state index is 12.7. The topological polar surface area (TPSA) is 122 Å². The number of thioether (sulfide) groups is 1. The zero-order chi connectivity index (χ0) is 17.7. The predicted octanol–water partition coefficient (Wildman–Crippen LogP) is -0.673. The summed E-state index contributed by atoms with van der Waals surface area (Å²) in [7, 11) is 0. The third-order valence-electron chi connectivity index (χ3n) is 4.23. The van der Waals surface area contributed by atoms with Gasteiger partial charge in [-0.2, -0.15) is 0 Å². The Morgan fingerprint density at radius 1 is 1.46 bits per heavy atom. The number of carbonyl (C=O) groups is 4. The van der Waals surface area contributed by atoms with Crippen LogP contribution in [0.2, 0.25) is 0 Å². The van der Waals surface area contributed by atoms with Gasteiger partial charge in [0.1, 0.15) is 18.1 Å². The van der Waals surface area contributed by atoms with Gasteiger partial charge in [-0.1, -0.05) is 13.3 Å². The highest BCUT2D eigenvalue weighted by molar-refractivity contribution is 7.99. The molecule has 0 unspecified atom stereocenters. The number of carbonyl (C=O) groups excluding carboxylic acids is 4. The molecule has 0 aromatic carbocycles. The minimum Gasteiger partial charge on any atom is -0.368 e. The van der Waals surface area contributed by atoms with Gasteiger partial charge < -0.3 is 21.3 Å². The standard InChI is InChI=1S/C15H24N4O4S/c1-2-4-10(15(23)19-8-24-7-11(19)13(16)21)18-14(22)9-5-3-6-12(20)17-9/h9-11H,2-8H2,1H3,(H2,16,21)(H,17,20)(H,18,22)/t9-,10-,11+/m0/s1. The second-order valence-electron chi connectivity index (χ2n) is 6.09. The molecule has 0 aromatic rings. The van der Waals surface area contributed by atoms with E-state index < -0.39 is 24.0 Å². The van der Waals surface area contributed by atoms with Gasteiger partial charge in [-0.05, 0) is 19.3 Å². The smallest absolute Gasteiger partial charge is 0.246 e. The molecule has 4 amide bonds. The first kappa shape index (κ1) is 18.6. The first-order chi connectivity index (χ1) is 11.4. The minimum absolute atomic E-state index is 0.149. The first-order valence-corrected chi connectivity index (χ1v) is 9.36. The Labute approximate surface area is 145 Å². The van der Waals surface area contributed by atoms with Crippen molar-refractivity contribution in [3.8, 4) is 0 Å². The van der Waals surface area contributed by atoms with E-state index in [4.69, 9.17) is 5.73 Å². The summed E-state index contributed by atoms with van der Waals surface area (Å²) in [6.07, 6.45) is 2.82. The van der Waals surface area contributed by atoms with Crippen molar-refractivity contribution in [2.75, 3.05) is 11.6 Å². The van der Waals surface area contributed by atoms with Gasteiger partial charge in [-0.15, -0.1) is 11.8 Å². The second kappa shape index (κ2) is 8.36. The highest BCUT2D eigenvalue weighted by Crippen LogP contribution is 2.22. The molecule has 24 heavy (non-hydrogen) atoms. The molecule has 0 radical (unpaired) electrons. The SMILES string of the molecule is CCC[C@H](NC(=O)[C@@H]1CCCC(=O)N1)C(=O)N1CSC[C@@H]1C(N)=O. The molecule has 3 atom stereocenters. The summed E-state index contributed by atoms with van der Waals surface area (Å²) < 4.78 is 0. The van der Waals surface area contributed by atoms with Crippen LogP contribution in [0.4, 0.5) is 0 Å². The van der Waals surface area contributed by atoms with E-state index in [9.17, 15) is 19.2 Å². The van der Waals surface area contributed by atoms with Crippen LogP contribution in [0.3, 0.4) is 0 Å². The third kappa shape index (κ3) is 4.40. The van der Waals surface area contributed by atoms with Crippen LogP contribution in [0.25, 0.3) is 0 Å². The van der Waals surface area contributed by atoms with Crippen LogP contribution in [0.15, 0.2) is 0 Å². The number of hydrogen-bond donors (Lipinski definition) is 3. The molecular weight excluding hydrogens is 332 g/mol. The molecule has 0 bridgehead atoms. The molecule has 0 spiro atoms. The molecule has 0 aliphatic carbocycles. The number of rotatable bonds is 6. The Kier molecular flexibility index (Phi) is 6.47. The van der Waals surface area contributed by atoms with Crippen molar-refractivity contribution in [3.63, 3.8) is 0 Å². The van der Waals surface area contributed by atoms with Crippen molar-refractivity contribution in [3.05, 3.63) is 0 Å². The molecule has 0 aromatic heterocycles. The quantitative estimate of drug-likeness (QED) is 0.582. The van der Waals surface area contributed by atoms with Crippen LogP contribution < -0.4 is 16.4 Å². The Balaban J connectivity index is 2.02. The molecule has 8 nitrogen and oxygen atoms in total. The van der Waals surface area contributed by atoms with Crippen LogP contribution in [0, 0.1) is 0 Å². The van der Waals surface area contributed by atoms with Crippen LogP contribution in [0.5, 0.6) is 0 Å². The van der Waals surface area contributed by atoms with E-state index >= 15 is 0 Å². The second-order valence-corrected chi connectivity index (χ2v) is 7.09. The molecule has 2 aliphatic rings. The lowest BCUT2D eigenvalue weighted by molar-refractivity contribution is -0.141. The van der Waals surface area contributed by atoms with Crippen LogP contribution in [-0.2, 0) is 19.2 Å². The highest BCUT2D eigenvalue weighted by atomic mass is 32.2. The van der Waals surface area contributed by atoms with E-state index in [1.165, 1.54) is 16.7 Å². The van der Waals surface area contributed by atoms with Crippen molar-refractivity contribution in [1.82, 2.24) is 15.5 Å².